The van der Waals surface area contributed by atoms with Gasteiger partial charge in [0.15, 0.2) is 0 Å². The Kier molecular flexibility index (Phi) is 23.0. The van der Waals surface area contributed by atoms with Gasteiger partial charge in [-0.1, -0.05) is 80.2 Å². The molecule has 0 saturated carbocycles. The number of amides is 1. The molecule has 29 radical (unpaired) electrons. The number of anilines is 4. The maximum atomic E-state index is 13.3. The zero-order valence-electron chi connectivity index (χ0n) is 40.4. The van der Waals surface area contributed by atoms with E-state index in [1.54, 1.807) is 4.90 Å². The predicted molar refractivity (Wildman–Crippen MR) is 339 cm³/mol. The van der Waals surface area contributed by atoms with Crippen molar-refractivity contribution in [1.82, 2.24) is 9.55 Å². The van der Waals surface area contributed by atoms with Gasteiger partial charge in [0.05, 0.1) is 41.3 Å². The minimum absolute atomic E-state index is 0. The van der Waals surface area contributed by atoms with E-state index in [2.05, 4.69) is 87.2 Å². The molecular formula is C37H40B27N6O2. The molecule has 8 rings (SSSR count). The molecule has 2 aliphatic heterocycles. The van der Waals surface area contributed by atoms with Crippen molar-refractivity contribution in [2.24, 2.45) is 7.05 Å². The summed E-state index contributed by atoms with van der Waals surface area (Å²) < 4.78 is 7.90. The van der Waals surface area contributed by atoms with Crippen LogP contribution in [0.5, 0.6) is 0 Å². The van der Waals surface area contributed by atoms with Gasteiger partial charge < -0.3 is 24.8 Å². The van der Waals surface area contributed by atoms with Crippen LogP contribution < -0.4 is 20.4 Å². The lowest BCUT2D eigenvalue weighted by atomic mass is 8.33. The van der Waals surface area contributed by atoms with Crippen LogP contribution in [0.15, 0.2) is 110 Å². The summed E-state index contributed by atoms with van der Waals surface area (Å²) in [7, 11) is 86.5. The highest BCUT2D eigenvalue weighted by atomic mass is 16.6. The van der Waals surface area contributed by atoms with Gasteiger partial charge in [-0.2, -0.15) is 0 Å². The molecule has 3 aliphatic rings. The number of hydrogen-bond acceptors (Lipinski definition) is 6. The van der Waals surface area contributed by atoms with Crippen molar-refractivity contribution in [3.05, 3.63) is 126 Å². The highest BCUT2D eigenvalue weighted by Crippen LogP contribution is 2.45. The van der Waals surface area contributed by atoms with Crippen LogP contribution in [0, 0.1) is 0 Å². The van der Waals surface area contributed by atoms with Gasteiger partial charge in [0.25, 0.3) is 0 Å². The standard InChI is InChI=1S/C28H26N4O2.C8H10N2.CH4.B27/c1-30-16-20(29-19-30)17-31-14-15-32(27-13-7-6-12-26(27)31)28(33)34-18-25-23-10-4-2-8-21(23)22-9-3-5-11-24(22)25;1-2-4-8-7(3-1)9-5-6-10-8;;1-15-22(14)26(23(16(2)3)17(4)5)27(24(18(6)7)19(8)9)25(20(10)11)21(12)13/h2-13,16,19,25H,14-15,17-18H2,1H3;1-4,9-10H,5-6H2;1H4;. The minimum atomic E-state index is -0.994. The summed E-state index contributed by atoms with van der Waals surface area (Å²) in [5.74, 6) is 0.0528. The summed E-state index contributed by atoms with van der Waals surface area (Å²) in [6.07, 6.45) is -6.99. The fourth-order valence-corrected chi connectivity index (χ4v) is 10.4. The molecule has 0 atom stereocenters. The van der Waals surface area contributed by atoms with Gasteiger partial charge >= 0.3 is 6.09 Å². The molecule has 1 aliphatic carbocycles. The van der Waals surface area contributed by atoms with Crippen molar-refractivity contribution < 1.29 is 9.53 Å². The Hall–Kier alpha value is -3.49. The van der Waals surface area contributed by atoms with Gasteiger partial charge in [0.2, 0.25) is 0 Å². The quantitative estimate of drug-likeness (QED) is 0.104. The first-order valence-corrected chi connectivity index (χ1v) is 23.8. The monoisotopic (exact) mass is 898 g/mol. The van der Waals surface area contributed by atoms with Gasteiger partial charge in [-0.05, 0) is 46.5 Å². The molecule has 3 heterocycles. The van der Waals surface area contributed by atoms with Crippen LogP contribution in [0.1, 0.15) is 30.2 Å². The Morgan fingerprint density at radius 1 is 0.625 bits per heavy atom. The number of rotatable bonds is 16. The lowest BCUT2D eigenvalue weighted by Crippen LogP contribution is -2.86. The second-order valence-electron chi connectivity index (χ2n) is 18.4. The summed E-state index contributed by atoms with van der Waals surface area (Å²) in [5.41, 5.74) is 10.2. The van der Waals surface area contributed by atoms with E-state index in [0.717, 1.165) is 36.7 Å². The number of ether oxygens (including phenoxy) is 1. The van der Waals surface area contributed by atoms with Gasteiger partial charge in [0.1, 0.15) is 6.61 Å². The van der Waals surface area contributed by atoms with Crippen molar-refractivity contribution >= 4 is 221 Å². The summed E-state index contributed by atoms with van der Waals surface area (Å²) >= 11 is 0. The Balaban J connectivity index is 0.000000226. The SMILES string of the molecule is C.Cn1cnc(CN2CCN(C(=O)OCC3c4ccccc4-c4ccccc43)c3ccccc32)c1.[B][B]B([B])B(B(B([B])[B])B([B])[B])B(B(B([B])[B])B([B])[B])B(B([B])[B])B([B])[B].c1ccc2c(c1)NCCN2. The average molecular weight is 893 g/mol. The van der Waals surface area contributed by atoms with Crippen molar-refractivity contribution in [3.63, 3.8) is 0 Å². The molecule has 5 aromatic rings. The highest BCUT2D eigenvalue weighted by Gasteiger charge is 2.50. The zero-order chi connectivity index (χ0) is 51.5. The lowest BCUT2D eigenvalue weighted by molar-refractivity contribution is 0.150. The van der Waals surface area contributed by atoms with E-state index in [1.807, 2.05) is 54.5 Å². The first-order chi connectivity index (χ1) is 33.9. The van der Waals surface area contributed by atoms with Crippen LogP contribution in [0.25, 0.3) is 11.1 Å². The molecular weight excluding hydrogens is 852 g/mol. The molecule has 4 aromatic carbocycles. The first-order valence-electron chi connectivity index (χ1n) is 23.8. The first kappa shape index (κ1) is 59.4. The number of hydrogen-bond donors (Lipinski definition) is 2. The predicted octanol–water partition coefficient (Wildman–Crippen LogP) is -2.93. The maximum Gasteiger partial charge on any atom is 0.414 e. The van der Waals surface area contributed by atoms with Crippen molar-refractivity contribution in [2.45, 2.75) is 19.9 Å². The zero-order valence-corrected chi connectivity index (χ0v) is 40.4. The molecule has 1 amide bonds. The third-order valence-electron chi connectivity index (χ3n) is 13.6. The van der Waals surface area contributed by atoms with E-state index in [1.165, 1.54) is 40.7 Å². The van der Waals surface area contributed by atoms with E-state index in [0.29, 0.717) is 19.7 Å². The summed E-state index contributed by atoms with van der Waals surface area (Å²) in [6, 6.07) is 33.1. The maximum absolute atomic E-state index is 13.3. The van der Waals surface area contributed by atoms with Crippen molar-refractivity contribution in [2.75, 3.05) is 53.2 Å². The highest BCUT2D eigenvalue weighted by molar-refractivity contribution is 8.25. The molecule has 0 fully saturated rings. The number of nitrogens with one attached hydrogen (secondary N) is 2. The van der Waals surface area contributed by atoms with E-state index in [4.69, 9.17) is 113 Å². The van der Waals surface area contributed by atoms with Crippen molar-refractivity contribution in [3.8, 4) is 11.1 Å². The lowest BCUT2D eigenvalue weighted by Gasteiger charge is -2.48. The van der Waals surface area contributed by atoms with E-state index >= 15 is 0 Å². The van der Waals surface area contributed by atoms with Crippen LogP contribution in [-0.4, -0.2) is 240 Å². The molecule has 8 nitrogen and oxygen atoms in total. The fourth-order valence-electron chi connectivity index (χ4n) is 10.4. The van der Waals surface area contributed by atoms with Crippen LogP contribution in [0.2, 0.25) is 0 Å². The number of aryl methyl sites for hydroxylation is 1. The van der Waals surface area contributed by atoms with Crippen LogP contribution >= 0.6 is 0 Å². The van der Waals surface area contributed by atoms with Crippen LogP contribution in [-0.2, 0) is 18.3 Å². The number of fused-ring (bicyclic) bond motifs is 5. The molecule has 1 aromatic heterocycles. The smallest absolute Gasteiger partial charge is 0.414 e. The summed E-state index contributed by atoms with van der Waals surface area (Å²) in [5, 5.41) is 6.60. The molecule has 311 valence electrons. The second-order valence-corrected chi connectivity index (χ2v) is 18.4. The fraction of sp³-hybridized carbons (Fsp3) is 0.243. The summed E-state index contributed by atoms with van der Waals surface area (Å²) in [4.78, 5) is 21.8. The normalized spacial score (nSPS) is 12.4. The molecule has 2 N–H and O–H groups in total. The number of carbonyl (C=O) groups excluding carboxylic acids is 1. The average Bonchev–Trinajstić information content (AvgIpc) is 3.91. The summed E-state index contributed by atoms with van der Waals surface area (Å²) in [6.45, 7) is 4.37. The largest absolute Gasteiger partial charge is 0.448 e. The van der Waals surface area contributed by atoms with Crippen LogP contribution in [0.3, 0.4) is 0 Å². The number of carbonyl (C=O) groups is 1. The number of benzene rings is 4. The molecule has 72 heavy (non-hydrogen) atoms. The third-order valence-corrected chi connectivity index (χ3v) is 13.6. The molecule has 0 saturated heterocycles. The Morgan fingerprint density at radius 3 is 1.53 bits per heavy atom. The Bertz CT molecular complexity index is 2360. The van der Waals surface area contributed by atoms with E-state index in [-0.39, 0.29) is 19.4 Å². The molecule has 0 unspecified atom stereocenters. The molecule has 0 bridgehead atoms. The van der Waals surface area contributed by atoms with Gasteiger partial charge in [0, 0.05) is 237 Å². The second kappa shape index (κ2) is 27.9. The third kappa shape index (κ3) is 14.5. The van der Waals surface area contributed by atoms with Gasteiger partial charge in [-0.15, -0.1) is 0 Å². The number of para-hydroxylation sites is 4. The van der Waals surface area contributed by atoms with E-state index in [9.17, 15) is 4.79 Å². The van der Waals surface area contributed by atoms with Crippen LogP contribution in [0.4, 0.5) is 27.5 Å². The topological polar surface area (TPSA) is 74.7 Å². The van der Waals surface area contributed by atoms with Gasteiger partial charge in [-0.3, -0.25) is 4.90 Å². The minimum Gasteiger partial charge on any atom is -0.448 e. The van der Waals surface area contributed by atoms with Crippen molar-refractivity contribution in [1.29, 1.82) is 0 Å². The Labute approximate surface area is 454 Å². The molecule has 35 heteroatoms. The molecule has 0 spiro atoms. The number of aromatic nitrogens is 2. The van der Waals surface area contributed by atoms with E-state index < -0.39 is 76.6 Å². The number of imidazole rings is 1. The number of nitrogens with zero attached hydrogens (tertiary/aromatic N) is 4. The van der Waals surface area contributed by atoms with Gasteiger partial charge in [-0.25, -0.2) is 9.78 Å². The Morgan fingerprint density at radius 2 is 1.07 bits per heavy atom.